The van der Waals surface area contributed by atoms with Crippen LogP contribution < -0.4 is 5.32 Å². The number of nitrogens with zero attached hydrogens (tertiary/aromatic N) is 1. The third-order valence-electron chi connectivity index (χ3n) is 2.32. The molecule has 1 aromatic heterocycles. The quantitative estimate of drug-likeness (QED) is 0.794. The van der Waals surface area contributed by atoms with Gasteiger partial charge in [0, 0.05) is 24.8 Å². The zero-order valence-electron chi connectivity index (χ0n) is 8.86. The molecular formula is C13H13FN2. The Bertz CT molecular complexity index is 443. The van der Waals surface area contributed by atoms with Gasteiger partial charge in [0.1, 0.15) is 0 Å². The van der Waals surface area contributed by atoms with Gasteiger partial charge in [0.25, 0.3) is 0 Å². The molecule has 0 radical (unpaired) electrons. The van der Waals surface area contributed by atoms with E-state index in [2.05, 4.69) is 10.3 Å². The van der Waals surface area contributed by atoms with Gasteiger partial charge in [0.05, 0.1) is 0 Å². The average Bonchev–Trinajstić information content (AvgIpc) is 2.33. The Labute approximate surface area is 94.2 Å². The summed E-state index contributed by atoms with van der Waals surface area (Å²) in [5.41, 5.74) is 1.78. The lowest BCUT2D eigenvalue weighted by Crippen LogP contribution is -2.13. The summed E-state index contributed by atoms with van der Waals surface area (Å²) in [5, 5.41) is 3.18. The first-order valence-electron chi connectivity index (χ1n) is 5.20. The van der Waals surface area contributed by atoms with Gasteiger partial charge < -0.3 is 5.32 Å². The van der Waals surface area contributed by atoms with Crippen LogP contribution in [0.2, 0.25) is 0 Å². The third kappa shape index (κ3) is 2.87. The number of rotatable bonds is 4. The van der Waals surface area contributed by atoms with E-state index in [4.69, 9.17) is 0 Å². The largest absolute Gasteiger partial charge is 0.308 e. The van der Waals surface area contributed by atoms with Gasteiger partial charge in [0.15, 0.2) is 0 Å². The van der Waals surface area contributed by atoms with Gasteiger partial charge in [-0.1, -0.05) is 36.4 Å². The first kappa shape index (κ1) is 10.8. The summed E-state index contributed by atoms with van der Waals surface area (Å²) in [6.45, 7) is 1.23. The van der Waals surface area contributed by atoms with Crippen LogP contribution in [0.5, 0.6) is 0 Å². The zero-order valence-corrected chi connectivity index (χ0v) is 8.86. The van der Waals surface area contributed by atoms with Crippen molar-refractivity contribution < 1.29 is 4.39 Å². The molecule has 3 heteroatoms. The van der Waals surface area contributed by atoms with E-state index in [0.29, 0.717) is 12.1 Å². The second-order valence-corrected chi connectivity index (χ2v) is 3.54. The van der Waals surface area contributed by atoms with E-state index in [-0.39, 0.29) is 0 Å². The first-order valence-corrected chi connectivity index (χ1v) is 5.20. The number of halogens is 1. The summed E-state index contributed by atoms with van der Waals surface area (Å²) in [6, 6.07) is 13.5. The molecule has 2 aromatic rings. The summed E-state index contributed by atoms with van der Waals surface area (Å²) in [5.74, 6) is -0.400. The molecule has 0 amide bonds. The van der Waals surface area contributed by atoms with E-state index in [9.17, 15) is 4.39 Å². The highest BCUT2D eigenvalue weighted by Gasteiger charge is 2.00. The Balaban J connectivity index is 1.87. The lowest BCUT2D eigenvalue weighted by Gasteiger charge is -2.05. The number of nitrogens with one attached hydrogen (secondary N) is 1. The van der Waals surface area contributed by atoms with Gasteiger partial charge in [-0.2, -0.15) is 4.39 Å². The van der Waals surface area contributed by atoms with Crippen LogP contribution in [-0.2, 0) is 13.1 Å². The van der Waals surface area contributed by atoms with Gasteiger partial charge in [-0.3, -0.25) is 0 Å². The molecule has 0 fully saturated rings. The van der Waals surface area contributed by atoms with Crippen LogP contribution in [0.25, 0.3) is 0 Å². The summed E-state index contributed by atoms with van der Waals surface area (Å²) in [6.07, 6.45) is 1.45. The molecule has 16 heavy (non-hydrogen) atoms. The highest BCUT2D eigenvalue weighted by molar-refractivity contribution is 5.15. The molecule has 1 aromatic carbocycles. The number of hydrogen-bond donors (Lipinski definition) is 1. The Morgan fingerprint density at radius 2 is 1.81 bits per heavy atom. The highest BCUT2D eigenvalue weighted by Crippen LogP contribution is 2.03. The van der Waals surface area contributed by atoms with Crippen LogP contribution in [0.1, 0.15) is 11.1 Å². The minimum atomic E-state index is -0.400. The standard InChI is InChI=1S/C13H13FN2/c14-13-12(7-4-8-16-13)10-15-9-11-5-2-1-3-6-11/h1-8,15H,9-10H2. The van der Waals surface area contributed by atoms with Crippen molar-refractivity contribution in [1.29, 1.82) is 0 Å². The highest BCUT2D eigenvalue weighted by atomic mass is 19.1. The van der Waals surface area contributed by atoms with Crippen LogP contribution in [0, 0.1) is 5.95 Å². The molecule has 0 spiro atoms. The molecule has 0 aliphatic rings. The van der Waals surface area contributed by atoms with Gasteiger partial charge in [0.2, 0.25) is 5.95 Å². The molecule has 1 heterocycles. The van der Waals surface area contributed by atoms with Crippen molar-refractivity contribution in [1.82, 2.24) is 10.3 Å². The Kier molecular flexibility index (Phi) is 3.62. The lowest BCUT2D eigenvalue weighted by molar-refractivity contribution is 0.551. The number of benzene rings is 1. The SMILES string of the molecule is Fc1ncccc1CNCc1ccccc1. The average molecular weight is 216 g/mol. The van der Waals surface area contributed by atoms with Crippen LogP contribution in [0.15, 0.2) is 48.7 Å². The number of pyridine rings is 1. The maximum absolute atomic E-state index is 13.2. The maximum Gasteiger partial charge on any atom is 0.217 e. The fourth-order valence-electron chi connectivity index (χ4n) is 1.49. The fourth-order valence-corrected chi connectivity index (χ4v) is 1.49. The molecule has 0 saturated carbocycles. The second kappa shape index (κ2) is 5.37. The summed E-state index contributed by atoms with van der Waals surface area (Å²) < 4.78 is 13.2. The predicted molar refractivity (Wildman–Crippen MR) is 61.2 cm³/mol. The number of aromatic nitrogens is 1. The van der Waals surface area contributed by atoms with Crippen molar-refractivity contribution in [3.63, 3.8) is 0 Å². The molecule has 0 saturated heterocycles. The van der Waals surface area contributed by atoms with E-state index in [0.717, 1.165) is 6.54 Å². The molecule has 0 unspecified atom stereocenters. The Hall–Kier alpha value is -1.74. The summed E-state index contributed by atoms with van der Waals surface area (Å²) in [4.78, 5) is 3.60. The normalized spacial score (nSPS) is 10.3. The maximum atomic E-state index is 13.2. The molecule has 0 aliphatic heterocycles. The second-order valence-electron chi connectivity index (χ2n) is 3.54. The van der Waals surface area contributed by atoms with E-state index in [1.807, 2.05) is 30.3 Å². The molecule has 0 bridgehead atoms. The van der Waals surface area contributed by atoms with Crippen LogP contribution in [0.3, 0.4) is 0 Å². The van der Waals surface area contributed by atoms with Crippen molar-refractivity contribution in [2.24, 2.45) is 0 Å². The van der Waals surface area contributed by atoms with Crippen molar-refractivity contribution in [3.05, 3.63) is 65.7 Å². The van der Waals surface area contributed by atoms with Crippen molar-refractivity contribution in [2.75, 3.05) is 0 Å². The lowest BCUT2D eigenvalue weighted by atomic mass is 10.2. The minimum absolute atomic E-state index is 0.400. The third-order valence-corrected chi connectivity index (χ3v) is 2.32. The topological polar surface area (TPSA) is 24.9 Å². The monoisotopic (exact) mass is 216 g/mol. The van der Waals surface area contributed by atoms with E-state index < -0.39 is 5.95 Å². The molecule has 1 N–H and O–H groups in total. The molecule has 0 aliphatic carbocycles. The van der Waals surface area contributed by atoms with Crippen molar-refractivity contribution >= 4 is 0 Å². The summed E-state index contributed by atoms with van der Waals surface area (Å²) >= 11 is 0. The molecule has 0 atom stereocenters. The Morgan fingerprint density at radius 1 is 1.00 bits per heavy atom. The van der Waals surface area contributed by atoms with Gasteiger partial charge >= 0.3 is 0 Å². The zero-order chi connectivity index (χ0) is 11.2. The van der Waals surface area contributed by atoms with E-state index in [1.165, 1.54) is 11.8 Å². The first-order chi connectivity index (χ1) is 7.86. The van der Waals surface area contributed by atoms with Gasteiger partial charge in [-0.25, -0.2) is 4.98 Å². The molecule has 2 nitrogen and oxygen atoms in total. The number of hydrogen-bond acceptors (Lipinski definition) is 2. The predicted octanol–water partition coefficient (Wildman–Crippen LogP) is 2.51. The van der Waals surface area contributed by atoms with Crippen LogP contribution in [0.4, 0.5) is 4.39 Å². The molecular weight excluding hydrogens is 203 g/mol. The van der Waals surface area contributed by atoms with Crippen molar-refractivity contribution in [3.8, 4) is 0 Å². The Morgan fingerprint density at radius 3 is 2.56 bits per heavy atom. The fraction of sp³-hybridized carbons (Fsp3) is 0.154. The summed E-state index contributed by atoms with van der Waals surface area (Å²) in [7, 11) is 0. The van der Waals surface area contributed by atoms with Crippen molar-refractivity contribution in [2.45, 2.75) is 13.1 Å². The smallest absolute Gasteiger partial charge is 0.217 e. The molecule has 82 valence electrons. The van der Waals surface area contributed by atoms with E-state index in [1.54, 1.807) is 12.1 Å². The van der Waals surface area contributed by atoms with Crippen LogP contribution >= 0.6 is 0 Å². The van der Waals surface area contributed by atoms with Gasteiger partial charge in [-0.05, 0) is 11.6 Å². The van der Waals surface area contributed by atoms with Crippen LogP contribution in [-0.4, -0.2) is 4.98 Å². The molecule has 2 rings (SSSR count). The van der Waals surface area contributed by atoms with Gasteiger partial charge in [-0.15, -0.1) is 0 Å². The minimum Gasteiger partial charge on any atom is -0.308 e. The van der Waals surface area contributed by atoms with E-state index >= 15 is 0 Å².